The molecule has 0 saturated heterocycles. The van der Waals surface area contributed by atoms with Gasteiger partial charge in [-0.3, -0.25) is 9.78 Å². The van der Waals surface area contributed by atoms with E-state index in [-0.39, 0.29) is 5.78 Å². The molecule has 0 amide bonds. The number of carbonyl (C=O) groups excluding carboxylic acids is 1. The molecule has 2 rings (SSSR count). The van der Waals surface area contributed by atoms with Crippen molar-refractivity contribution >= 4 is 5.78 Å². The fourth-order valence-electron chi connectivity index (χ4n) is 2.09. The molecule has 82 valence electrons. The second kappa shape index (κ2) is 3.93. The molecule has 0 saturated carbocycles. The van der Waals surface area contributed by atoms with Crippen LogP contribution in [0.25, 0.3) is 11.3 Å². The second-order valence-electron chi connectivity index (χ2n) is 3.92. The van der Waals surface area contributed by atoms with Gasteiger partial charge in [0.2, 0.25) is 0 Å². The Morgan fingerprint density at radius 2 is 1.88 bits per heavy atom. The van der Waals surface area contributed by atoms with E-state index < -0.39 is 0 Å². The van der Waals surface area contributed by atoms with Gasteiger partial charge in [0, 0.05) is 34.9 Å². The molecule has 0 unspecified atom stereocenters. The van der Waals surface area contributed by atoms with E-state index in [2.05, 4.69) is 9.97 Å². The van der Waals surface area contributed by atoms with E-state index in [1.165, 1.54) is 0 Å². The maximum atomic E-state index is 11.5. The monoisotopic (exact) mass is 214 g/mol. The maximum Gasteiger partial charge on any atom is 0.161 e. The van der Waals surface area contributed by atoms with Crippen LogP contribution in [0.2, 0.25) is 0 Å². The highest BCUT2D eigenvalue weighted by Crippen LogP contribution is 2.27. The highest BCUT2D eigenvalue weighted by Gasteiger charge is 2.15. The molecule has 0 aliphatic heterocycles. The van der Waals surface area contributed by atoms with Crippen LogP contribution in [0.15, 0.2) is 24.5 Å². The smallest absolute Gasteiger partial charge is 0.161 e. The van der Waals surface area contributed by atoms with Gasteiger partial charge in [-0.2, -0.15) is 0 Å². The van der Waals surface area contributed by atoms with E-state index in [9.17, 15) is 4.79 Å². The molecule has 0 bridgehead atoms. The van der Waals surface area contributed by atoms with Gasteiger partial charge in [0.05, 0.1) is 0 Å². The number of hydrogen-bond donors (Lipinski definition) is 1. The molecule has 0 aromatic carbocycles. The van der Waals surface area contributed by atoms with Gasteiger partial charge in [-0.15, -0.1) is 0 Å². The molecule has 16 heavy (non-hydrogen) atoms. The lowest BCUT2D eigenvalue weighted by atomic mass is 10.0. The minimum absolute atomic E-state index is 0.103. The van der Waals surface area contributed by atoms with Gasteiger partial charge in [-0.25, -0.2) is 0 Å². The summed E-state index contributed by atoms with van der Waals surface area (Å²) < 4.78 is 0. The summed E-state index contributed by atoms with van der Waals surface area (Å²) in [4.78, 5) is 18.7. The van der Waals surface area contributed by atoms with Crippen LogP contribution in [0.1, 0.15) is 28.5 Å². The molecular weight excluding hydrogens is 200 g/mol. The molecule has 0 aliphatic carbocycles. The number of aryl methyl sites for hydroxylation is 1. The highest BCUT2D eigenvalue weighted by molar-refractivity contribution is 5.98. The molecule has 2 aromatic rings. The van der Waals surface area contributed by atoms with Gasteiger partial charge < -0.3 is 4.98 Å². The van der Waals surface area contributed by atoms with E-state index in [1.807, 2.05) is 26.0 Å². The van der Waals surface area contributed by atoms with Crippen LogP contribution >= 0.6 is 0 Å². The van der Waals surface area contributed by atoms with Crippen molar-refractivity contribution in [3.8, 4) is 11.3 Å². The first-order valence-corrected chi connectivity index (χ1v) is 5.21. The minimum atomic E-state index is 0.103. The first kappa shape index (κ1) is 10.6. The number of rotatable bonds is 2. The molecule has 2 aromatic heterocycles. The van der Waals surface area contributed by atoms with E-state index in [0.717, 1.165) is 28.1 Å². The Labute approximate surface area is 94.5 Å². The van der Waals surface area contributed by atoms with Crippen LogP contribution in [0.3, 0.4) is 0 Å². The predicted octanol–water partition coefficient (Wildman–Crippen LogP) is 2.90. The van der Waals surface area contributed by atoms with Crippen molar-refractivity contribution in [3.05, 3.63) is 41.3 Å². The number of aromatic amines is 1. The summed E-state index contributed by atoms with van der Waals surface area (Å²) in [5.41, 5.74) is 4.80. The second-order valence-corrected chi connectivity index (χ2v) is 3.92. The minimum Gasteiger partial charge on any atom is -0.358 e. The van der Waals surface area contributed by atoms with Crippen molar-refractivity contribution in [3.63, 3.8) is 0 Å². The average molecular weight is 214 g/mol. The maximum absolute atomic E-state index is 11.5. The van der Waals surface area contributed by atoms with Crippen molar-refractivity contribution in [1.29, 1.82) is 0 Å². The fourth-order valence-corrected chi connectivity index (χ4v) is 2.09. The molecular formula is C13H14N2O. The number of aromatic nitrogens is 2. The zero-order valence-electron chi connectivity index (χ0n) is 9.66. The van der Waals surface area contributed by atoms with Crippen LogP contribution < -0.4 is 0 Å². The van der Waals surface area contributed by atoms with Crippen LogP contribution in [-0.2, 0) is 0 Å². The standard InChI is InChI=1S/C13H14N2O/c1-8-12(10(3)16)9(2)15-13(8)11-4-6-14-7-5-11/h4-7,15H,1-3H3. The number of Topliss-reactive ketones (excluding diaryl/α,β-unsaturated/α-hetero) is 1. The number of carbonyl (C=O) groups is 1. The Balaban J connectivity index is 2.61. The van der Waals surface area contributed by atoms with Crippen LogP contribution in [0.5, 0.6) is 0 Å². The predicted molar refractivity (Wildman–Crippen MR) is 63.5 cm³/mol. The van der Waals surface area contributed by atoms with E-state index in [0.29, 0.717) is 0 Å². The first-order chi connectivity index (χ1) is 7.61. The van der Waals surface area contributed by atoms with Gasteiger partial charge >= 0.3 is 0 Å². The topological polar surface area (TPSA) is 45.8 Å². The first-order valence-electron chi connectivity index (χ1n) is 5.21. The molecule has 3 heteroatoms. The number of nitrogens with zero attached hydrogens (tertiary/aromatic N) is 1. The summed E-state index contributed by atoms with van der Waals surface area (Å²) in [5, 5.41) is 0. The number of pyridine rings is 1. The summed E-state index contributed by atoms with van der Waals surface area (Å²) in [6.45, 7) is 5.49. The molecule has 0 aliphatic rings. The molecule has 3 nitrogen and oxygen atoms in total. The molecule has 0 fully saturated rings. The lowest BCUT2D eigenvalue weighted by molar-refractivity contribution is 0.101. The van der Waals surface area contributed by atoms with Gasteiger partial charge in [-0.1, -0.05) is 0 Å². The molecule has 0 atom stereocenters. The zero-order valence-corrected chi connectivity index (χ0v) is 9.66. The Morgan fingerprint density at radius 1 is 1.25 bits per heavy atom. The third-order valence-corrected chi connectivity index (χ3v) is 2.76. The molecule has 2 heterocycles. The Morgan fingerprint density at radius 3 is 2.38 bits per heavy atom. The van der Waals surface area contributed by atoms with Crippen molar-refractivity contribution in [1.82, 2.24) is 9.97 Å². The Bertz CT molecular complexity index is 526. The van der Waals surface area contributed by atoms with Crippen LogP contribution in [-0.4, -0.2) is 15.8 Å². The lowest BCUT2D eigenvalue weighted by Gasteiger charge is -1.99. The molecule has 0 radical (unpaired) electrons. The quantitative estimate of drug-likeness (QED) is 0.781. The Hall–Kier alpha value is -1.90. The summed E-state index contributed by atoms with van der Waals surface area (Å²) in [6, 6.07) is 3.87. The van der Waals surface area contributed by atoms with Gasteiger partial charge in [0.1, 0.15) is 0 Å². The number of hydrogen-bond acceptors (Lipinski definition) is 2. The Kier molecular flexibility index (Phi) is 2.60. The van der Waals surface area contributed by atoms with Crippen LogP contribution in [0.4, 0.5) is 0 Å². The van der Waals surface area contributed by atoms with Crippen LogP contribution in [0, 0.1) is 13.8 Å². The summed E-state index contributed by atoms with van der Waals surface area (Å²) in [6.07, 6.45) is 3.50. The third-order valence-electron chi connectivity index (χ3n) is 2.76. The number of ketones is 1. The number of H-pyrrole nitrogens is 1. The van der Waals surface area contributed by atoms with E-state index in [4.69, 9.17) is 0 Å². The third kappa shape index (κ3) is 1.65. The summed E-state index contributed by atoms with van der Waals surface area (Å²) >= 11 is 0. The molecule has 0 spiro atoms. The highest BCUT2D eigenvalue weighted by atomic mass is 16.1. The zero-order chi connectivity index (χ0) is 11.7. The van der Waals surface area contributed by atoms with Crippen molar-refractivity contribution in [2.45, 2.75) is 20.8 Å². The lowest BCUT2D eigenvalue weighted by Crippen LogP contribution is -1.94. The van der Waals surface area contributed by atoms with Gasteiger partial charge in [0.15, 0.2) is 5.78 Å². The largest absolute Gasteiger partial charge is 0.358 e. The van der Waals surface area contributed by atoms with Gasteiger partial charge in [-0.05, 0) is 38.5 Å². The van der Waals surface area contributed by atoms with Gasteiger partial charge in [0.25, 0.3) is 0 Å². The van der Waals surface area contributed by atoms with Crippen molar-refractivity contribution in [2.75, 3.05) is 0 Å². The normalized spacial score (nSPS) is 10.4. The van der Waals surface area contributed by atoms with E-state index in [1.54, 1.807) is 19.3 Å². The fraction of sp³-hybridized carbons (Fsp3) is 0.231. The summed E-state index contributed by atoms with van der Waals surface area (Å²) in [5.74, 6) is 0.103. The average Bonchev–Trinajstić information content (AvgIpc) is 2.55. The summed E-state index contributed by atoms with van der Waals surface area (Å²) in [7, 11) is 0. The van der Waals surface area contributed by atoms with E-state index >= 15 is 0 Å². The van der Waals surface area contributed by atoms with Crippen molar-refractivity contribution in [2.24, 2.45) is 0 Å². The molecule has 1 N–H and O–H groups in total. The SMILES string of the molecule is CC(=O)c1c(C)[nH]c(-c2ccncc2)c1C. The number of nitrogens with one attached hydrogen (secondary N) is 1. The van der Waals surface area contributed by atoms with Crippen molar-refractivity contribution < 1.29 is 4.79 Å².